The molecule has 0 saturated heterocycles. The highest BCUT2D eigenvalue weighted by Crippen LogP contribution is 2.30. The molecule has 0 aliphatic heterocycles. The number of hydrogen-bond acceptors (Lipinski definition) is 7. The topological polar surface area (TPSA) is 132 Å². The van der Waals surface area contributed by atoms with Crippen LogP contribution in [0.1, 0.15) is 33.3 Å². The van der Waals surface area contributed by atoms with Gasteiger partial charge in [0.15, 0.2) is 0 Å². The highest BCUT2D eigenvalue weighted by Gasteiger charge is 2.19. The number of aromatic carboxylic acids is 1. The van der Waals surface area contributed by atoms with Crippen LogP contribution in [0.5, 0.6) is 5.75 Å². The van der Waals surface area contributed by atoms with Crippen LogP contribution in [0.25, 0.3) is 10.9 Å². The highest BCUT2D eigenvalue weighted by molar-refractivity contribution is 5.88. The van der Waals surface area contributed by atoms with Gasteiger partial charge in [-0.2, -0.15) is 5.26 Å². The van der Waals surface area contributed by atoms with Crippen molar-refractivity contribution in [2.45, 2.75) is 19.3 Å². The van der Waals surface area contributed by atoms with Crippen LogP contribution in [0.2, 0.25) is 0 Å². The smallest absolute Gasteiger partial charge is 0.407 e. The average molecular weight is 544 g/mol. The number of aromatic nitrogens is 1. The highest BCUT2D eigenvalue weighted by atomic mass is 16.7. The van der Waals surface area contributed by atoms with Crippen LogP contribution in [0.3, 0.4) is 0 Å². The lowest BCUT2D eigenvalue weighted by Gasteiger charge is -2.21. The summed E-state index contributed by atoms with van der Waals surface area (Å²) >= 11 is 0. The summed E-state index contributed by atoms with van der Waals surface area (Å²) in [5.74, 6) is -0.451. The number of fused-ring (bicyclic) bond motifs is 1. The van der Waals surface area contributed by atoms with Crippen molar-refractivity contribution < 1.29 is 33.6 Å². The Balaban J connectivity index is 1.44. The Hall–Kier alpha value is -4.85. The second-order valence-corrected chi connectivity index (χ2v) is 8.81. The number of alkyl carbamates (subject to hydrolysis) is 1. The zero-order chi connectivity index (χ0) is 28.3. The van der Waals surface area contributed by atoms with Gasteiger partial charge in [0, 0.05) is 31.2 Å². The number of carbonyl (C=O) groups is 2. The fourth-order valence-corrected chi connectivity index (χ4v) is 4.11. The third-order valence-corrected chi connectivity index (χ3v) is 6.08. The summed E-state index contributed by atoms with van der Waals surface area (Å²) in [6.45, 7) is 0.638. The summed E-state index contributed by atoms with van der Waals surface area (Å²) in [4.78, 5) is 23.2. The number of nitrogens with one attached hydrogen (secondary N) is 1. The SMILES string of the molecule is COCOC(Cc1ccc(C(=O)O)cc1)n1cc(C#N)c2ccc(OCCNC(=O)OCc3ccccc3)cc21. The van der Waals surface area contributed by atoms with Crippen molar-refractivity contribution >= 4 is 23.0 Å². The van der Waals surface area contributed by atoms with Gasteiger partial charge in [0.2, 0.25) is 0 Å². The molecule has 0 fully saturated rings. The molecule has 1 unspecified atom stereocenters. The minimum absolute atomic E-state index is 0.0155. The molecule has 206 valence electrons. The van der Waals surface area contributed by atoms with E-state index in [1.54, 1.807) is 36.5 Å². The summed E-state index contributed by atoms with van der Waals surface area (Å²) in [6.07, 6.45) is 1.03. The Morgan fingerprint density at radius 3 is 2.52 bits per heavy atom. The second kappa shape index (κ2) is 13.8. The van der Waals surface area contributed by atoms with Crippen molar-refractivity contribution in [1.82, 2.24) is 9.88 Å². The van der Waals surface area contributed by atoms with Gasteiger partial charge < -0.3 is 33.9 Å². The number of ether oxygens (including phenoxy) is 4. The van der Waals surface area contributed by atoms with E-state index in [0.717, 1.165) is 16.5 Å². The molecule has 3 aromatic carbocycles. The number of methoxy groups -OCH3 is 1. The summed E-state index contributed by atoms with van der Waals surface area (Å²) in [5, 5.41) is 22.3. The standard InChI is InChI=1S/C30H29N3O7/c1-37-20-40-28(15-21-7-9-23(10-8-21)29(34)35)33-18-24(17-31)26-12-11-25(16-27(26)33)38-14-13-32-30(36)39-19-22-5-3-2-4-6-22/h2-12,16,18,28H,13-15,19-20H2,1H3,(H,32,36)(H,34,35). The maximum atomic E-state index is 12.0. The van der Waals surface area contributed by atoms with Gasteiger partial charge in [-0.25, -0.2) is 9.59 Å². The zero-order valence-electron chi connectivity index (χ0n) is 21.9. The van der Waals surface area contributed by atoms with Gasteiger partial charge >= 0.3 is 12.1 Å². The van der Waals surface area contributed by atoms with Gasteiger partial charge in [0.05, 0.1) is 23.2 Å². The molecule has 10 nitrogen and oxygen atoms in total. The first-order valence-corrected chi connectivity index (χ1v) is 12.5. The Morgan fingerprint density at radius 2 is 1.82 bits per heavy atom. The van der Waals surface area contributed by atoms with Crippen LogP contribution in [-0.4, -0.2) is 48.8 Å². The van der Waals surface area contributed by atoms with E-state index >= 15 is 0 Å². The number of amides is 1. The third kappa shape index (κ3) is 7.38. The minimum Gasteiger partial charge on any atom is -0.492 e. The number of carboxylic acid groups (broad SMARTS) is 1. The van der Waals surface area contributed by atoms with Crippen LogP contribution in [0.4, 0.5) is 4.79 Å². The molecular weight excluding hydrogens is 514 g/mol. The summed E-state index contributed by atoms with van der Waals surface area (Å²) < 4.78 is 24.0. The molecule has 1 heterocycles. The number of nitrogens with zero attached hydrogens (tertiary/aromatic N) is 2. The maximum Gasteiger partial charge on any atom is 0.407 e. The third-order valence-electron chi connectivity index (χ3n) is 6.08. The second-order valence-electron chi connectivity index (χ2n) is 8.81. The fourth-order valence-electron chi connectivity index (χ4n) is 4.11. The monoisotopic (exact) mass is 543 g/mol. The average Bonchev–Trinajstić information content (AvgIpc) is 3.35. The first kappa shape index (κ1) is 28.2. The molecule has 2 N–H and O–H groups in total. The van der Waals surface area contributed by atoms with Crippen molar-refractivity contribution in [1.29, 1.82) is 5.26 Å². The van der Waals surface area contributed by atoms with Crippen LogP contribution in [0.15, 0.2) is 79.0 Å². The number of carbonyl (C=O) groups excluding carboxylic acids is 1. The lowest BCUT2D eigenvalue weighted by atomic mass is 10.1. The molecule has 0 aliphatic rings. The van der Waals surface area contributed by atoms with E-state index in [4.69, 9.17) is 18.9 Å². The van der Waals surface area contributed by atoms with Crippen LogP contribution in [-0.2, 0) is 27.2 Å². The molecule has 0 aliphatic carbocycles. The number of nitriles is 1. The van der Waals surface area contributed by atoms with E-state index in [1.165, 1.54) is 19.2 Å². The fraction of sp³-hybridized carbons (Fsp3) is 0.233. The summed E-state index contributed by atoms with van der Waals surface area (Å²) in [5.41, 5.74) is 3.12. The van der Waals surface area contributed by atoms with Gasteiger partial charge in [-0.1, -0.05) is 42.5 Å². The van der Waals surface area contributed by atoms with E-state index in [-0.39, 0.29) is 32.1 Å². The van der Waals surface area contributed by atoms with Crippen molar-refractivity contribution in [2.75, 3.05) is 27.1 Å². The predicted octanol–water partition coefficient (Wildman–Crippen LogP) is 4.88. The Morgan fingerprint density at radius 1 is 1.05 bits per heavy atom. The van der Waals surface area contributed by atoms with E-state index in [0.29, 0.717) is 23.3 Å². The molecule has 0 saturated carbocycles. The normalized spacial score (nSPS) is 11.5. The first-order valence-electron chi connectivity index (χ1n) is 12.5. The maximum absolute atomic E-state index is 12.0. The molecule has 4 aromatic rings. The lowest BCUT2D eigenvalue weighted by molar-refractivity contribution is -0.0985. The number of carboxylic acids is 1. The zero-order valence-corrected chi connectivity index (χ0v) is 21.9. The van der Waals surface area contributed by atoms with Gasteiger partial charge in [-0.15, -0.1) is 0 Å². The molecular formula is C30H29N3O7. The van der Waals surface area contributed by atoms with Gasteiger partial charge in [0.1, 0.15) is 38.1 Å². The van der Waals surface area contributed by atoms with Gasteiger partial charge in [0.25, 0.3) is 0 Å². The Labute approximate surface area is 231 Å². The molecule has 10 heteroatoms. The van der Waals surface area contributed by atoms with Crippen LogP contribution < -0.4 is 10.1 Å². The molecule has 0 bridgehead atoms. The summed E-state index contributed by atoms with van der Waals surface area (Å²) in [7, 11) is 1.52. The number of hydrogen-bond donors (Lipinski definition) is 2. The minimum atomic E-state index is -0.999. The molecule has 0 radical (unpaired) electrons. The van der Waals surface area contributed by atoms with Crippen molar-refractivity contribution in [3.8, 4) is 11.8 Å². The Kier molecular flexibility index (Phi) is 9.72. The lowest BCUT2D eigenvalue weighted by Crippen LogP contribution is -2.28. The molecule has 1 atom stereocenters. The van der Waals surface area contributed by atoms with Crippen molar-refractivity contribution in [3.63, 3.8) is 0 Å². The van der Waals surface area contributed by atoms with E-state index in [9.17, 15) is 20.0 Å². The first-order chi connectivity index (χ1) is 19.5. The van der Waals surface area contributed by atoms with E-state index in [1.807, 2.05) is 34.9 Å². The molecule has 1 amide bonds. The Bertz CT molecular complexity index is 1480. The molecule has 1 aromatic heterocycles. The van der Waals surface area contributed by atoms with Crippen LogP contribution >= 0.6 is 0 Å². The number of benzene rings is 3. The predicted molar refractivity (Wildman–Crippen MR) is 146 cm³/mol. The largest absolute Gasteiger partial charge is 0.492 e. The van der Waals surface area contributed by atoms with E-state index in [2.05, 4.69) is 11.4 Å². The summed E-state index contributed by atoms with van der Waals surface area (Å²) in [6, 6.07) is 23.5. The number of rotatable bonds is 13. The van der Waals surface area contributed by atoms with E-state index < -0.39 is 18.3 Å². The van der Waals surface area contributed by atoms with Crippen molar-refractivity contribution in [3.05, 3.63) is 101 Å². The molecule has 4 rings (SSSR count). The van der Waals surface area contributed by atoms with Gasteiger partial charge in [-0.05, 0) is 35.4 Å². The molecule has 40 heavy (non-hydrogen) atoms. The molecule has 0 spiro atoms. The quantitative estimate of drug-likeness (QED) is 0.180. The van der Waals surface area contributed by atoms with Crippen LogP contribution in [0, 0.1) is 11.3 Å². The van der Waals surface area contributed by atoms with Crippen molar-refractivity contribution in [2.24, 2.45) is 0 Å². The van der Waals surface area contributed by atoms with Gasteiger partial charge in [-0.3, -0.25) is 0 Å².